The zero-order valence-electron chi connectivity index (χ0n) is 26.5. The maximum atomic E-state index is 6.52. The van der Waals surface area contributed by atoms with E-state index in [1.165, 1.54) is 82.6 Å². The fourth-order valence-corrected chi connectivity index (χ4v) is 11.0. The third-order valence-corrected chi connectivity index (χ3v) is 13.5. The van der Waals surface area contributed by atoms with Crippen molar-refractivity contribution in [1.29, 1.82) is 0 Å². The van der Waals surface area contributed by atoms with Crippen LogP contribution in [0.5, 0.6) is 5.75 Å². The molecule has 1 unspecified atom stereocenters. The second kappa shape index (κ2) is 12.1. The van der Waals surface area contributed by atoms with E-state index < -0.39 is 0 Å². The predicted octanol–water partition coefficient (Wildman–Crippen LogP) is 10.3. The Hall–Kier alpha value is -1.02. The summed E-state index contributed by atoms with van der Waals surface area (Å²) < 4.78 is 11.8. The summed E-state index contributed by atoms with van der Waals surface area (Å²) in [5.41, 5.74) is 2.40. The zero-order valence-corrected chi connectivity index (χ0v) is 26.5. The molecule has 5 rings (SSSR count). The molecule has 2 nitrogen and oxygen atoms in total. The summed E-state index contributed by atoms with van der Waals surface area (Å²) in [4.78, 5) is 0. The van der Waals surface area contributed by atoms with Crippen molar-refractivity contribution in [3.8, 4) is 5.75 Å². The zero-order chi connectivity index (χ0) is 27.8. The maximum absolute atomic E-state index is 6.52. The van der Waals surface area contributed by atoms with Gasteiger partial charge in [-0.3, -0.25) is 0 Å². The lowest BCUT2D eigenvalue weighted by atomic mass is 9.44. The molecule has 4 saturated carbocycles. The average molecular weight is 537 g/mol. The van der Waals surface area contributed by atoms with Gasteiger partial charge in [-0.1, -0.05) is 66.5 Å². The summed E-state index contributed by atoms with van der Waals surface area (Å²) in [6.07, 6.45) is 17.5. The normalized spacial score (nSPS) is 39.5. The molecule has 4 fully saturated rings. The molecule has 4 aliphatic rings. The highest BCUT2D eigenvalue weighted by molar-refractivity contribution is 5.26. The van der Waals surface area contributed by atoms with Gasteiger partial charge in [-0.15, -0.1) is 0 Å². The molecule has 0 spiro atoms. The number of hydrogen-bond acceptors (Lipinski definition) is 2. The lowest BCUT2D eigenvalue weighted by Gasteiger charge is -2.61. The Bertz CT molecular complexity index is 922. The van der Waals surface area contributed by atoms with Gasteiger partial charge < -0.3 is 9.47 Å². The van der Waals surface area contributed by atoms with Gasteiger partial charge in [0.05, 0.1) is 19.8 Å². The van der Waals surface area contributed by atoms with Crippen LogP contribution in [0.15, 0.2) is 24.3 Å². The van der Waals surface area contributed by atoms with E-state index in [1.54, 1.807) is 7.11 Å². The molecule has 0 aliphatic heterocycles. The summed E-state index contributed by atoms with van der Waals surface area (Å²) in [6.45, 7) is 16.1. The van der Waals surface area contributed by atoms with Crippen LogP contribution in [0.25, 0.3) is 0 Å². The molecule has 1 aromatic carbocycles. The van der Waals surface area contributed by atoms with E-state index in [-0.39, 0.29) is 0 Å². The van der Waals surface area contributed by atoms with Crippen molar-refractivity contribution in [2.24, 2.45) is 58.2 Å². The fourth-order valence-electron chi connectivity index (χ4n) is 11.0. The van der Waals surface area contributed by atoms with Crippen molar-refractivity contribution in [3.05, 3.63) is 29.8 Å². The third kappa shape index (κ3) is 5.72. The van der Waals surface area contributed by atoms with Gasteiger partial charge in [0.15, 0.2) is 0 Å². The maximum Gasteiger partial charge on any atom is 0.118 e. The minimum Gasteiger partial charge on any atom is -0.497 e. The fraction of sp³-hybridized carbons (Fsp3) is 0.838. The van der Waals surface area contributed by atoms with Gasteiger partial charge in [0.2, 0.25) is 0 Å². The monoisotopic (exact) mass is 536 g/mol. The molecule has 0 bridgehead atoms. The molecule has 0 heterocycles. The van der Waals surface area contributed by atoms with E-state index >= 15 is 0 Å². The van der Waals surface area contributed by atoms with Crippen molar-refractivity contribution in [2.45, 2.75) is 131 Å². The number of rotatable bonds is 10. The Morgan fingerprint density at radius 3 is 2.26 bits per heavy atom. The van der Waals surface area contributed by atoms with Crippen LogP contribution in [0, 0.1) is 58.2 Å². The van der Waals surface area contributed by atoms with Crippen molar-refractivity contribution in [3.63, 3.8) is 0 Å². The van der Waals surface area contributed by atoms with Gasteiger partial charge in [0, 0.05) is 0 Å². The summed E-state index contributed by atoms with van der Waals surface area (Å²) in [5, 5.41) is 0. The van der Waals surface area contributed by atoms with E-state index in [9.17, 15) is 0 Å². The Morgan fingerprint density at radius 1 is 0.846 bits per heavy atom. The molecular weight excluding hydrogens is 476 g/mol. The minimum atomic E-state index is 0.435. The second-order valence-electron chi connectivity index (χ2n) is 15.4. The van der Waals surface area contributed by atoms with Gasteiger partial charge in [-0.25, -0.2) is 0 Å². The number of hydrogen-bond donors (Lipinski definition) is 0. The summed E-state index contributed by atoms with van der Waals surface area (Å²) >= 11 is 0. The first-order valence-electron chi connectivity index (χ1n) is 16.9. The molecule has 0 N–H and O–H groups in total. The highest BCUT2D eigenvalue weighted by Crippen LogP contribution is 2.68. The minimum absolute atomic E-state index is 0.435. The van der Waals surface area contributed by atoms with Gasteiger partial charge in [-0.2, -0.15) is 0 Å². The number of ether oxygens (including phenoxy) is 2. The Morgan fingerprint density at radius 2 is 1.56 bits per heavy atom. The lowest BCUT2D eigenvalue weighted by molar-refractivity contribution is -0.138. The standard InChI is InChI=1S/C37H60O2/c1-8-28(25(2)3)12-9-26(4)33-17-18-34-32-16-13-29-23-31(39-24-27-10-14-30(38-7)15-11-27)19-21-36(29,5)35(32)20-22-37(33,34)6/h10-11,14-15,25-26,28-29,31-35H,8-9,12-13,16-24H2,1-7H3/t26-,28-,29?,31+,32+,33-,34+,35+,36+,37-/m1/s1. The van der Waals surface area contributed by atoms with Crippen molar-refractivity contribution >= 4 is 0 Å². The molecule has 1 aromatic rings. The van der Waals surface area contributed by atoms with Crippen LogP contribution < -0.4 is 4.74 Å². The molecule has 39 heavy (non-hydrogen) atoms. The Kier molecular flexibility index (Phi) is 9.12. The van der Waals surface area contributed by atoms with E-state index in [2.05, 4.69) is 65.8 Å². The smallest absolute Gasteiger partial charge is 0.118 e. The van der Waals surface area contributed by atoms with E-state index in [0.29, 0.717) is 16.9 Å². The van der Waals surface area contributed by atoms with Gasteiger partial charge >= 0.3 is 0 Å². The van der Waals surface area contributed by atoms with Crippen LogP contribution in [-0.4, -0.2) is 13.2 Å². The highest BCUT2D eigenvalue weighted by Gasteiger charge is 2.60. The first-order chi connectivity index (χ1) is 18.7. The molecule has 10 atom stereocenters. The van der Waals surface area contributed by atoms with Crippen LogP contribution in [0.4, 0.5) is 0 Å². The lowest BCUT2D eigenvalue weighted by Crippen LogP contribution is -2.54. The Balaban J connectivity index is 1.18. The van der Waals surface area contributed by atoms with E-state index in [4.69, 9.17) is 9.47 Å². The topological polar surface area (TPSA) is 18.5 Å². The molecule has 0 saturated heterocycles. The van der Waals surface area contributed by atoms with Crippen molar-refractivity contribution < 1.29 is 9.47 Å². The van der Waals surface area contributed by atoms with Crippen LogP contribution >= 0.6 is 0 Å². The van der Waals surface area contributed by atoms with Crippen LogP contribution in [0.2, 0.25) is 0 Å². The molecule has 4 aliphatic carbocycles. The summed E-state index contributed by atoms with van der Waals surface area (Å²) in [7, 11) is 1.73. The van der Waals surface area contributed by atoms with Crippen molar-refractivity contribution in [1.82, 2.24) is 0 Å². The quantitative estimate of drug-likeness (QED) is 0.296. The molecule has 0 aromatic heterocycles. The molecule has 0 amide bonds. The first kappa shape index (κ1) is 29.5. The third-order valence-electron chi connectivity index (χ3n) is 13.5. The van der Waals surface area contributed by atoms with Crippen molar-refractivity contribution in [2.75, 3.05) is 7.11 Å². The van der Waals surface area contributed by atoms with Gasteiger partial charge in [-0.05, 0) is 140 Å². The summed E-state index contributed by atoms with van der Waals surface area (Å²) in [6, 6.07) is 8.41. The molecular formula is C37H60O2. The van der Waals surface area contributed by atoms with E-state index in [0.717, 1.165) is 59.7 Å². The molecule has 0 radical (unpaired) electrons. The molecule has 2 heteroatoms. The van der Waals surface area contributed by atoms with E-state index in [1.807, 2.05) is 0 Å². The van der Waals surface area contributed by atoms with Gasteiger partial charge in [0.1, 0.15) is 5.75 Å². The summed E-state index contributed by atoms with van der Waals surface area (Å²) in [5.74, 6) is 8.31. The first-order valence-corrected chi connectivity index (χ1v) is 16.9. The number of fused-ring (bicyclic) bond motifs is 5. The Labute approximate surface area is 241 Å². The van der Waals surface area contributed by atoms with Crippen LogP contribution in [0.1, 0.15) is 124 Å². The highest BCUT2D eigenvalue weighted by atomic mass is 16.5. The van der Waals surface area contributed by atoms with Crippen LogP contribution in [-0.2, 0) is 11.3 Å². The SMILES string of the molecule is CC[C@H](CC[C@@H](C)[C@H]1CC[C@H]2[C@@H]3CCC4C[C@@H](OCc5ccc(OC)cc5)CC[C@]4(C)[C@H]3CC[C@]12C)C(C)C. The largest absolute Gasteiger partial charge is 0.497 e. The molecule has 220 valence electrons. The number of methoxy groups -OCH3 is 1. The van der Waals surface area contributed by atoms with Gasteiger partial charge in [0.25, 0.3) is 0 Å². The predicted molar refractivity (Wildman–Crippen MR) is 164 cm³/mol. The second-order valence-corrected chi connectivity index (χ2v) is 15.4. The average Bonchev–Trinajstić information content (AvgIpc) is 3.29. The number of benzene rings is 1. The van der Waals surface area contributed by atoms with Crippen LogP contribution in [0.3, 0.4) is 0 Å².